The van der Waals surface area contributed by atoms with Crippen molar-refractivity contribution in [2.45, 2.75) is 19.0 Å². The molecule has 1 aromatic carbocycles. The van der Waals surface area contributed by atoms with E-state index in [1.54, 1.807) is 7.05 Å². The molecule has 0 radical (unpaired) electrons. The van der Waals surface area contributed by atoms with Crippen molar-refractivity contribution in [3.8, 4) is 11.5 Å². The van der Waals surface area contributed by atoms with E-state index in [2.05, 4.69) is 20.6 Å². The molecular weight excluding hydrogens is 429 g/mol. The highest BCUT2D eigenvalue weighted by atomic mass is 35.5. The average molecular weight is 449 g/mol. The molecule has 0 saturated heterocycles. The zero-order valence-electron chi connectivity index (χ0n) is 15.6. The summed E-state index contributed by atoms with van der Waals surface area (Å²) in [5.41, 5.74) is 0.141. The number of halogens is 4. The van der Waals surface area contributed by atoms with Gasteiger partial charge in [0.2, 0.25) is 0 Å². The fourth-order valence-electron chi connectivity index (χ4n) is 2.70. The van der Waals surface area contributed by atoms with Crippen molar-refractivity contribution < 1.29 is 22.6 Å². The molecule has 0 unspecified atom stereocenters. The van der Waals surface area contributed by atoms with Crippen molar-refractivity contribution in [2.24, 2.45) is 4.99 Å². The molecule has 0 saturated carbocycles. The van der Waals surface area contributed by atoms with Crippen molar-refractivity contribution in [1.82, 2.24) is 15.6 Å². The van der Waals surface area contributed by atoms with Gasteiger partial charge in [0, 0.05) is 31.9 Å². The summed E-state index contributed by atoms with van der Waals surface area (Å²) in [5.74, 6) is 1.77. The lowest BCUT2D eigenvalue weighted by molar-refractivity contribution is -0.140. The molecule has 2 heterocycles. The first-order valence-electron chi connectivity index (χ1n) is 8.91. The number of hydrogen-bond acceptors (Lipinski definition) is 5. The Morgan fingerprint density at radius 1 is 1.21 bits per heavy atom. The molecular formula is C18H20ClF3N4O2S. The molecule has 2 aromatic rings. The Bertz CT molecular complexity index is 873. The van der Waals surface area contributed by atoms with Gasteiger partial charge in [-0.1, -0.05) is 11.6 Å². The van der Waals surface area contributed by atoms with Crippen LogP contribution in [0, 0.1) is 0 Å². The van der Waals surface area contributed by atoms with Gasteiger partial charge < -0.3 is 20.1 Å². The molecule has 0 aliphatic carbocycles. The number of hydrogen-bond donors (Lipinski definition) is 2. The third-order valence-corrected chi connectivity index (χ3v) is 5.25. The maximum atomic E-state index is 12.6. The van der Waals surface area contributed by atoms with Crippen LogP contribution in [0.25, 0.3) is 0 Å². The molecule has 29 heavy (non-hydrogen) atoms. The molecule has 0 amide bonds. The minimum absolute atomic E-state index is 0.374. The van der Waals surface area contributed by atoms with Crippen LogP contribution in [0.15, 0.2) is 22.5 Å². The lowest BCUT2D eigenvalue weighted by Crippen LogP contribution is -2.39. The number of rotatable bonds is 6. The number of alkyl halides is 3. The Morgan fingerprint density at radius 3 is 2.62 bits per heavy atom. The van der Waals surface area contributed by atoms with Crippen LogP contribution >= 0.6 is 22.9 Å². The molecule has 0 fully saturated rings. The Morgan fingerprint density at radius 2 is 1.93 bits per heavy atom. The van der Waals surface area contributed by atoms with Gasteiger partial charge in [-0.2, -0.15) is 13.2 Å². The average Bonchev–Trinajstić information content (AvgIpc) is 3.16. The SMILES string of the molecule is CN=C(NCCc1cc(Cl)c2c(c1)OCCO2)NCCc1nc(C(F)(F)F)cs1. The number of nitrogens with zero attached hydrogens (tertiary/aromatic N) is 2. The van der Waals surface area contributed by atoms with Crippen molar-refractivity contribution >= 4 is 28.9 Å². The molecule has 1 aliphatic heterocycles. The van der Waals surface area contributed by atoms with Gasteiger partial charge in [0.1, 0.15) is 13.2 Å². The lowest BCUT2D eigenvalue weighted by atomic mass is 10.1. The predicted molar refractivity (Wildman–Crippen MR) is 106 cm³/mol. The summed E-state index contributed by atoms with van der Waals surface area (Å²) >= 11 is 7.23. The summed E-state index contributed by atoms with van der Waals surface area (Å²) < 4.78 is 48.8. The molecule has 2 N–H and O–H groups in total. The molecule has 1 aromatic heterocycles. The smallest absolute Gasteiger partial charge is 0.434 e. The zero-order valence-corrected chi connectivity index (χ0v) is 17.2. The van der Waals surface area contributed by atoms with Gasteiger partial charge in [-0.25, -0.2) is 4.98 Å². The number of aliphatic imine (C=N–C) groups is 1. The van der Waals surface area contributed by atoms with E-state index in [1.807, 2.05) is 12.1 Å². The van der Waals surface area contributed by atoms with Crippen molar-refractivity contribution in [2.75, 3.05) is 33.4 Å². The first-order chi connectivity index (χ1) is 13.9. The predicted octanol–water partition coefficient (Wildman–Crippen LogP) is 3.54. The first-order valence-corrected chi connectivity index (χ1v) is 10.2. The maximum absolute atomic E-state index is 12.6. The summed E-state index contributed by atoms with van der Waals surface area (Å²) in [4.78, 5) is 7.72. The second-order valence-electron chi connectivity index (χ2n) is 6.15. The summed E-state index contributed by atoms with van der Waals surface area (Å²) in [6.45, 7) is 1.98. The monoisotopic (exact) mass is 448 g/mol. The van der Waals surface area contributed by atoms with Crippen LogP contribution in [0.4, 0.5) is 13.2 Å². The van der Waals surface area contributed by atoms with E-state index in [4.69, 9.17) is 21.1 Å². The van der Waals surface area contributed by atoms with E-state index in [9.17, 15) is 13.2 Å². The number of nitrogens with one attached hydrogen (secondary N) is 2. The first kappa shape index (κ1) is 21.5. The fourth-order valence-corrected chi connectivity index (χ4v) is 3.79. The van der Waals surface area contributed by atoms with Crippen molar-refractivity contribution in [3.05, 3.63) is 38.8 Å². The van der Waals surface area contributed by atoms with Crippen molar-refractivity contribution in [1.29, 1.82) is 0 Å². The van der Waals surface area contributed by atoms with Crippen LogP contribution < -0.4 is 20.1 Å². The highest BCUT2D eigenvalue weighted by Crippen LogP contribution is 2.38. The minimum atomic E-state index is -4.41. The molecule has 11 heteroatoms. The number of benzene rings is 1. The summed E-state index contributed by atoms with van der Waals surface area (Å²) in [6.07, 6.45) is -3.35. The van der Waals surface area contributed by atoms with Gasteiger partial charge in [-0.05, 0) is 24.1 Å². The maximum Gasteiger partial charge on any atom is 0.434 e. The number of ether oxygens (including phenoxy) is 2. The summed E-state index contributed by atoms with van der Waals surface area (Å²) in [6, 6.07) is 3.74. The number of guanidine groups is 1. The van der Waals surface area contributed by atoms with Gasteiger partial charge in [0.15, 0.2) is 23.2 Å². The molecule has 158 valence electrons. The quantitative estimate of drug-likeness (QED) is 0.522. The Balaban J connectivity index is 1.44. The zero-order chi connectivity index (χ0) is 20.9. The third kappa shape index (κ3) is 5.89. The second-order valence-corrected chi connectivity index (χ2v) is 7.50. The van der Waals surface area contributed by atoms with Crippen LogP contribution in [0.5, 0.6) is 11.5 Å². The van der Waals surface area contributed by atoms with Crippen LogP contribution in [0.1, 0.15) is 16.3 Å². The van der Waals surface area contributed by atoms with Crippen LogP contribution in [-0.4, -0.2) is 44.3 Å². The molecule has 0 spiro atoms. The van der Waals surface area contributed by atoms with E-state index < -0.39 is 11.9 Å². The van der Waals surface area contributed by atoms with Gasteiger partial charge in [-0.15, -0.1) is 11.3 Å². The third-order valence-electron chi connectivity index (χ3n) is 4.06. The largest absolute Gasteiger partial charge is 0.486 e. The standard InChI is InChI=1S/C18H20ClF3N4O2S/c1-23-17(25-5-3-15-26-14(10-29-15)18(20,21)22)24-4-2-11-8-12(19)16-13(9-11)27-6-7-28-16/h8-10H,2-7H2,1H3,(H2,23,24,25). The molecule has 0 atom stereocenters. The molecule has 6 nitrogen and oxygen atoms in total. The number of fused-ring (bicyclic) bond motifs is 1. The topological polar surface area (TPSA) is 67.8 Å². The molecule has 1 aliphatic rings. The number of aromatic nitrogens is 1. The lowest BCUT2D eigenvalue weighted by Gasteiger charge is -2.20. The minimum Gasteiger partial charge on any atom is -0.486 e. The Labute approximate surface area is 175 Å². The van der Waals surface area contributed by atoms with Gasteiger partial charge in [-0.3, -0.25) is 4.99 Å². The van der Waals surface area contributed by atoms with Gasteiger partial charge in [0.25, 0.3) is 0 Å². The molecule has 0 bridgehead atoms. The summed E-state index contributed by atoms with van der Waals surface area (Å²) in [5, 5.41) is 8.19. The van der Waals surface area contributed by atoms with E-state index in [0.717, 1.165) is 22.3 Å². The van der Waals surface area contributed by atoms with Crippen LogP contribution in [0.3, 0.4) is 0 Å². The van der Waals surface area contributed by atoms with Crippen molar-refractivity contribution in [3.63, 3.8) is 0 Å². The van der Waals surface area contributed by atoms with Crippen LogP contribution in [0.2, 0.25) is 5.02 Å². The number of thiazole rings is 1. The van der Waals surface area contributed by atoms with E-state index >= 15 is 0 Å². The van der Waals surface area contributed by atoms with E-state index in [0.29, 0.717) is 66.6 Å². The van der Waals surface area contributed by atoms with Crippen LogP contribution in [-0.2, 0) is 19.0 Å². The highest BCUT2D eigenvalue weighted by Gasteiger charge is 2.33. The van der Waals surface area contributed by atoms with E-state index in [-0.39, 0.29) is 0 Å². The molecule has 3 rings (SSSR count). The van der Waals surface area contributed by atoms with Gasteiger partial charge in [0.05, 0.1) is 10.0 Å². The van der Waals surface area contributed by atoms with Gasteiger partial charge >= 0.3 is 6.18 Å². The van der Waals surface area contributed by atoms with E-state index in [1.165, 1.54) is 0 Å². The summed E-state index contributed by atoms with van der Waals surface area (Å²) in [7, 11) is 1.63. The normalized spacial score (nSPS) is 14.0. The second kappa shape index (κ2) is 9.53. The highest BCUT2D eigenvalue weighted by molar-refractivity contribution is 7.09. The Kier molecular flexibility index (Phi) is 7.07. The fraction of sp³-hybridized carbons (Fsp3) is 0.444. The Hall–Kier alpha value is -2.20.